The largest absolute Gasteiger partial charge is 0.454 e. The van der Waals surface area contributed by atoms with Gasteiger partial charge in [-0.15, -0.1) is 0 Å². The number of nitrogens with zero attached hydrogens (tertiary/aromatic N) is 3. The summed E-state index contributed by atoms with van der Waals surface area (Å²) in [7, 11) is 0. The van der Waals surface area contributed by atoms with E-state index in [0.29, 0.717) is 23.9 Å². The van der Waals surface area contributed by atoms with Crippen LogP contribution in [0.2, 0.25) is 0 Å². The van der Waals surface area contributed by atoms with Gasteiger partial charge in [0.25, 0.3) is 5.91 Å². The highest BCUT2D eigenvalue weighted by Gasteiger charge is 2.14. The Morgan fingerprint density at radius 3 is 2.77 bits per heavy atom. The van der Waals surface area contributed by atoms with Gasteiger partial charge in [-0.2, -0.15) is 0 Å². The minimum absolute atomic E-state index is 0.216. The van der Waals surface area contributed by atoms with Gasteiger partial charge >= 0.3 is 0 Å². The number of amides is 1. The first-order chi connectivity index (χ1) is 12.8. The molecule has 4 rings (SSSR count). The number of rotatable bonds is 5. The maximum atomic E-state index is 12.3. The molecule has 0 bridgehead atoms. The fourth-order valence-corrected chi connectivity index (χ4v) is 2.45. The molecule has 130 valence electrons. The molecule has 0 fully saturated rings. The maximum Gasteiger partial charge on any atom is 0.270 e. The third-order valence-electron chi connectivity index (χ3n) is 3.75. The zero-order chi connectivity index (χ0) is 17.8. The van der Waals surface area contributed by atoms with Crippen LogP contribution in [0, 0.1) is 0 Å². The van der Waals surface area contributed by atoms with Crippen LogP contribution in [0.4, 0.5) is 11.5 Å². The highest BCUT2D eigenvalue weighted by molar-refractivity contribution is 5.92. The third-order valence-corrected chi connectivity index (χ3v) is 3.75. The quantitative estimate of drug-likeness (QED) is 0.729. The minimum Gasteiger partial charge on any atom is -0.454 e. The molecule has 1 aromatic carbocycles. The normalized spacial score (nSPS) is 11.8. The predicted molar refractivity (Wildman–Crippen MR) is 93.3 cm³/mol. The smallest absolute Gasteiger partial charge is 0.270 e. The first kappa shape index (κ1) is 15.8. The first-order valence-electron chi connectivity index (χ1n) is 7.94. The molecule has 26 heavy (non-hydrogen) atoms. The van der Waals surface area contributed by atoms with E-state index in [1.165, 1.54) is 6.33 Å². The molecule has 1 aliphatic rings. The highest BCUT2D eigenvalue weighted by atomic mass is 16.7. The van der Waals surface area contributed by atoms with Gasteiger partial charge in [0.15, 0.2) is 11.5 Å². The Bertz CT molecular complexity index is 933. The van der Waals surface area contributed by atoms with Crippen molar-refractivity contribution in [2.75, 3.05) is 12.1 Å². The number of nitrogens with one attached hydrogen (secondary N) is 2. The lowest BCUT2D eigenvalue weighted by Crippen LogP contribution is -2.24. The van der Waals surface area contributed by atoms with Crippen LogP contribution in [0.25, 0.3) is 0 Å². The lowest BCUT2D eigenvalue weighted by molar-refractivity contribution is 0.0945. The molecule has 2 aromatic heterocycles. The molecule has 8 nitrogen and oxygen atoms in total. The van der Waals surface area contributed by atoms with Gasteiger partial charge in [0.1, 0.15) is 17.8 Å². The summed E-state index contributed by atoms with van der Waals surface area (Å²) < 4.78 is 10.6. The van der Waals surface area contributed by atoms with Crippen LogP contribution in [0.15, 0.2) is 55.1 Å². The van der Waals surface area contributed by atoms with E-state index >= 15 is 0 Å². The summed E-state index contributed by atoms with van der Waals surface area (Å²) in [6.45, 7) is 0.615. The molecule has 3 aromatic rings. The standard InChI is InChI=1S/C18H15N5O3/c24-18(20-9-12-3-5-19-6-4-12)14-8-17(22-10-21-14)23-13-1-2-15-16(7-13)26-11-25-15/h1-8,10H,9,11H2,(H,20,24)(H,21,22,23). The summed E-state index contributed by atoms with van der Waals surface area (Å²) in [4.78, 5) is 24.4. The van der Waals surface area contributed by atoms with Crippen LogP contribution in [-0.4, -0.2) is 27.7 Å². The van der Waals surface area contributed by atoms with Crippen molar-refractivity contribution in [2.24, 2.45) is 0 Å². The van der Waals surface area contributed by atoms with E-state index in [0.717, 1.165) is 11.3 Å². The number of carbonyl (C=O) groups excluding carboxylic acids is 1. The molecule has 0 unspecified atom stereocenters. The molecule has 2 N–H and O–H groups in total. The maximum absolute atomic E-state index is 12.3. The van der Waals surface area contributed by atoms with E-state index in [9.17, 15) is 4.79 Å². The summed E-state index contributed by atoms with van der Waals surface area (Å²) in [5, 5.41) is 5.95. The molecule has 0 saturated heterocycles. The number of anilines is 2. The van der Waals surface area contributed by atoms with Gasteiger partial charge in [0.2, 0.25) is 6.79 Å². The topological polar surface area (TPSA) is 98.3 Å². The Kier molecular flexibility index (Phi) is 4.29. The minimum atomic E-state index is -0.280. The number of benzene rings is 1. The van der Waals surface area contributed by atoms with E-state index in [1.807, 2.05) is 30.3 Å². The predicted octanol–water partition coefficient (Wildman–Crippen LogP) is 2.27. The monoisotopic (exact) mass is 349 g/mol. The second kappa shape index (κ2) is 7.06. The summed E-state index contributed by atoms with van der Waals surface area (Å²) in [5.74, 6) is 1.60. The number of ether oxygens (including phenoxy) is 2. The van der Waals surface area contributed by atoms with Crippen molar-refractivity contribution in [2.45, 2.75) is 6.54 Å². The van der Waals surface area contributed by atoms with Gasteiger partial charge in [0.05, 0.1) is 0 Å². The first-order valence-corrected chi connectivity index (χ1v) is 7.94. The molecular weight excluding hydrogens is 334 g/mol. The zero-order valence-electron chi connectivity index (χ0n) is 13.7. The Morgan fingerprint density at radius 2 is 1.88 bits per heavy atom. The SMILES string of the molecule is O=C(NCc1ccncc1)c1cc(Nc2ccc3c(c2)OCO3)ncn1. The van der Waals surface area contributed by atoms with E-state index in [4.69, 9.17) is 9.47 Å². The van der Waals surface area contributed by atoms with Gasteiger partial charge in [-0.3, -0.25) is 9.78 Å². The average molecular weight is 349 g/mol. The summed E-state index contributed by atoms with van der Waals surface area (Å²) >= 11 is 0. The number of aromatic nitrogens is 3. The molecule has 8 heteroatoms. The van der Waals surface area contributed by atoms with Gasteiger partial charge in [-0.25, -0.2) is 9.97 Å². The summed E-state index contributed by atoms with van der Waals surface area (Å²) in [5.41, 5.74) is 2.01. The Morgan fingerprint density at radius 1 is 1.04 bits per heavy atom. The lowest BCUT2D eigenvalue weighted by Gasteiger charge is -2.08. The summed E-state index contributed by atoms with van der Waals surface area (Å²) in [6, 6.07) is 10.7. The number of fused-ring (bicyclic) bond motifs is 1. The molecule has 0 saturated carbocycles. The summed E-state index contributed by atoms with van der Waals surface area (Å²) in [6.07, 6.45) is 4.70. The van der Waals surface area contributed by atoms with Crippen molar-refractivity contribution < 1.29 is 14.3 Å². The number of hydrogen-bond acceptors (Lipinski definition) is 7. The van der Waals surface area contributed by atoms with Crippen LogP contribution in [0.5, 0.6) is 11.5 Å². The average Bonchev–Trinajstić information content (AvgIpc) is 3.15. The molecule has 3 heterocycles. The van der Waals surface area contributed by atoms with Gasteiger partial charge in [0, 0.05) is 36.8 Å². The van der Waals surface area contributed by atoms with Crippen LogP contribution in [0.3, 0.4) is 0 Å². The van der Waals surface area contributed by atoms with Crippen LogP contribution < -0.4 is 20.1 Å². The van der Waals surface area contributed by atoms with Crippen molar-refractivity contribution in [1.29, 1.82) is 0 Å². The number of pyridine rings is 1. The van der Waals surface area contributed by atoms with Crippen LogP contribution in [-0.2, 0) is 6.54 Å². The zero-order valence-corrected chi connectivity index (χ0v) is 13.7. The molecule has 1 amide bonds. The van der Waals surface area contributed by atoms with Gasteiger partial charge in [-0.05, 0) is 29.8 Å². The van der Waals surface area contributed by atoms with E-state index < -0.39 is 0 Å². The highest BCUT2D eigenvalue weighted by Crippen LogP contribution is 2.34. The van der Waals surface area contributed by atoms with Crippen molar-refractivity contribution in [3.05, 3.63) is 66.4 Å². The van der Waals surface area contributed by atoms with Crippen molar-refractivity contribution in [3.8, 4) is 11.5 Å². The molecule has 0 radical (unpaired) electrons. The van der Waals surface area contributed by atoms with E-state index in [-0.39, 0.29) is 18.4 Å². The second-order valence-corrected chi connectivity index (χ2v) is 5.52. The van der Waals surface area contributed by atoms with Crippen molar-refractivity contribution in [1.82, 2.24) is 20.3 Å². The molecule has 0 atom stereocenters. The van der Waals surface area contributed by atoms with Gasteiger partial charge in [-0.1, -0.05) is 0 Å². The number of carbonyl (C=O) groups is 1. The fraction of sp³-hybridized carbons (Fsp3) is 0.111. The molecule has 1 aliphatic heterocycles. The second-order valence-electron chi connectivity index (χ2n) is 5.52. The Hall–Kier alpha value is -3.68. The van der Waals surface area contributed by atoms with E-state index in [1.54, 1.807) is 18.5 Å². The molecule has 0 aliphatic carbocycles. The lowest BCUT2D eigenvalue weighted by atomic mass is 10.2. The van der Waals surface area contributed by atoms with Crippen molar-refractivity contribution in [3.63, 3.8) is 0 Å². The van der Waals surface area contributed by atoms with E-state index in [2.05, 4.69) is 25.6 Å². The number of hydrogen-bond donors (Lipinski definition) is 2. The Balaban J connectivity index is 1.43. The fourth-order valence-electron chi connectivity index (χ4n) is 2.45. The van der Waals surface area contributed by atoms with Crippen LogP contribution >= 0.6 is 0 Å². The van der Waals surface area contributed by atoms with Crippen LogP contribution in [0.1, 0.15) is 16.1 Å². The van der Waals surface area contributed by atoms with Gasteiger partial charge < -0.3 is 20.1 Å². The van der Waals surface area contributed by atoms with Crippen molar-refractivity contribution >= 4 is 17.4 Å². The molecular formula is C18H15N5O3. The Labute approximate surface area is 149 Å². The molecule has 0 spiro atoms. The third kappa shape index (κ3) is 3.54.